The van der Waals surface area contributed by atoms with Crippen molar-refractivity contribution in [1.82, 2.24) is 31.5 Å². The van der Waals surface area contributed by atoms with E-state index in [0.29, 0.717) is 25.7 Å². The second-order valence-electron chi connectivity index (χ2n) is 9.33. The second kappa shape index (κ2) is 14.3. The molecule has 7 N–H and O–H groups in total. The molecular weight excluding hydrogens is 486 g/mol. The predicted octanol–water partition coefficient (Wildman–Crippen LogP) is -2.95. The first-order chi connectivity index (χ1) is 17.2. The summed E-state index contributed by atoms with van der Waals surface area (Å²) in [4.78, 5) is 86.4. The number of nitrogens with one attached hydrogen (secondary N) is 5. The normalized spacial score (nSPS) is 19.8. The quantitative estimate of drug-likeness (QED) is 0.145. The Hall–Kier alpha value is -3.55. The van der Waals surface area contributed by atoms with Gasteiger partial charge in [0, 0.05) is 6.54 Å². The van der Waals surface area contributed by atoms with Crippen molar-refractivity contribution >= 4 is 41.7 Å². The van der Waals surface area contributed by atoms with Crippen LogP contribution in [-0.2, 0) is 33.6 Å². The van der Waals surface area contributed by atoms with E-state index >= 15 is 0 Å². The minimum atomic E-state index is -1.01. The van der Waals surface area contributed by atoms with E-state index in [-0.39, 0.29) is 0 Å². The number of nitrogens with two attached hydrogens (primary N) is 1. The van der Waals surface area contributed by atoms with Gasteiger partial charge in [-0.25, -0.2) is 0 Å². The highest BCUT2D eigenvalue weighted by atomic mass is 16.2. The molecule has 1 fully saturated rings. The minimum Gasteiger partial charge on any atom is -0.345 e. The van der Waals surface area contributed by atoms with Gasteiger partial charge >= 0.3 is 0 Å². The molecule has 1 saturated heterocycles. The number of hydrogen-bond donors (Lipinski definition) is 6. The molecule has 208 valence electrons. The topological polar surface area (TPSA) is 209 Å². The molecule has 1 aliphatic rings. The Morgan fingerprint density at radius 2 is 1.19 bits per heavy atom. The monoisotopic (exact) mass is 525 g/mol. The maximum atomic E-state index is 13.0. The standard InChI is InChI=1S/C23H39N7O7/c1-11(10-31)25-19(33)13(3)28-22(36)17-8-7-9-30(17)23(37)16(6)29-21(35)15(5)27-20(34)14(4)26-18(32)12(2)24/h10-17H,7-9,24H2,1-6H3,(H,25,33)(H,26,32)(H,27,34)(H,28,36)(H,29,35)/t11-,12-,13-,14-,15-,16-,17-/m0/s1. The third-order valence-corrected chi connectivity index (χ3v) is 5.81. The van der Waals surface area contributed by atoms with Crippen molar-refractivity contribution in [3.63, 3.8) is 0 Å². The molecule has 0 aromatic carbocycles. The first-order valence-corrected chi connectivity index (χ1v) is 12.2. The SMILES string of the molecule is C[C@H](N)C(=O)N[C@@H](C)C(=O)N[C@@H](C)C(=O)N[C@@H](C)C(=O)N1CCC[C@H]1C(=O)N[C@@H](C)C(=O)N[C@@H](C)C=O. The lowest BCUT2D eigenvalue weighted by atomic mass is 10.1. The molecule has 0 spiro atoms. The fourth-order valence-corrected chi connectivity index (χ4v) is 3.52. The molecule has 0 radical (unpaired) electrons. The number of rotatable bonds is 12. The van der Waals surface area contributed by atoms with Crippen LogP contribution in [0.2, 0.25) is 0 Å². The highest BCUT2D eigenvalue weighted by molar-refractivity contribution is 5.96. The molecule has 6 amide bonds. The van der Waals surface area contributed by atoms with Crippen molar-refractivity contribution in [3.8, 4) is 0 Å². The zero-order valence-corrected chi connectivity index (χ0v) is 22.1. The summed E-state index contributed by atoms with van der Waals surface area (Å²) in [6, 6.07) is -6.18. The summed E-state index contributed by atoms with van der Waals surface area (Å²) < 4.78 is 0. The van der Waals surface area contributed by atoms with Crippen molar-refractivity contribution in [2.45, 2.75) is 96.7 Å². The van der Waals surface area contributed by atoms with Gasteiger partial charge in [-0.3, -0.25) is 28.8 Å². The van der Waals surface area contributed by atoms with E-state index in [9.17, 15) is 33.6 Å². The van der Waals surface area contributed by atoms with Crippen LogP contribution in [0.4, 0.5) is 0 Å². The van der Waals surface area contributed by atoms with E-state index in [4.69, 9.17) is 5.73 Å². The highest BCUT2D eigenvalue weighted by Crippen LogP contribution is 2.19. The fraction of sp³-hybridized carbons (Fsp3) is 0.696. The molecule has 0 saturated carbocycles. The Bertz CT molecular complexity index is 895. The van der Waals surface area contributed by atoms with Gasteiger partial charge in [0.1, 0.15) is 36.5 Å². The van der Waals surface area contributed by atoms with Crippen LogP contribution in [0, 0.1) is 0 Å². The van der Waals surface area contributed by atoms with Crippen molar-refractivity contribution in [2.75, 3.05) is 6.54 Å². The zero-order valence-electron chi connectivity index (χ0n) is 22.1. The summed E-state index contributed by atoms with van der Waals surface area (Å²) in [5.41, 5.74) is 5.46. The van der Waals surface area contributed by atoms with Crippen LogP contribution in [0.1, 0.15) is 54.4 Å². The van der Waals surface area contributed by atoms with Crippen molar-refractivity contribution in [2.24, 2.45) is 5.73 Å². The maximum Gasteiger partial charge on any atom is 0.245 e. The number of amides is 6. The molecule has 0 aromatic heterocycles. The molecular formula is C23H39N7O7. The van der Waals surface area contributed by atoms with Crippen LogP contribution in [0.15, 0.2) is 0 Å². The van der Waals surface area contributed by atoms with Gasteiger partial charge in [-0.2, -0.15) is 0 Å². The number of aldehydes is 1. The largest absolute Gasteiger partial charge is 0.345 e. The van der Waals surface area contributed by atoms with Crippen molar-refractivity contribution < 1.29 is 33.6 Å². The molecule has 1 heterocycles. The maximum absolute atomic E-state index is 13.0. The lowest BCUT2D eigenvalue weighted by Crippen LogP contribution is -2.57. The van der Waals surface area contributed by atoms with Crippen LogP contribution >= 0.6 is 0 Å². The van der Waals surface area contributed by atoms with Gasteiger partial charge in [-0.1, -0.05) is 0 Å². The first kappa shape index (κ1) is 31.5. The number of carbonyl (C=O) groups excluding carboxylic acids is 7. The number of likely N-dealkylation sites (tertiary alicyclic amines) is 1. The third kappa shape index (κ3) is 9.44. The van der Waals surface area contributed by atoms with Gasteiger partial charge in [0.05, 0.1) is 12.1 Å². The Kier molecular flexibility index (Phi) is 12.1. The molecule has 0 unspecified atom stereocenters. The van der Waals surface area contributed by atoms with Gasteiger partial charge in [0.2, 0.25) is 35.4 Å². The second-order valence-corrected chi connectivity index (χ2v) is 9.33. The van der Waals surface area contributed by atoms with E-state index in [0.717, 1.165) is 0 Å². The summed E-state index contributed by atoms with van der Waals surface area (Å²) in [6.45, 7) is 9.06. The highest BCUT2D eigenvalue weighted by Gasteiger charge is 2.37. The van der Waals surface area contributed by atoms with Crippen molar-refractivity contribution in [3.05, 3.63) is 0 Å². The molecule has 0 aliphatic carbocycles. The summed E-state index contributed by atoms with van der Waals surface area (Å²) >= 11 is 0. The van der Waals surface area contributed by atoms with Crippen LogP contribution < -0.4 is 32.3 Å². The Morgan fingerprint density at radius 1 is 0.730 bits per heavy atom. The predicted molar refractivity (Wildman–Crippen MR) is 132 cm³/mol. The van der Waals surface area contributed by atoms with Crippen LogP contribution in [0.3, 0.4) is 0 Å². The average molecular weight is 526 g/mol. The third-order valence-electron chi connectivity index (χ3n) is 5.81. The van der Waals surface area contributed by atoms with Gasteiger partial charge < -0.3 is 42.0 Å². The lowest BCUT2D eigenvalue weighted by Gasteiger charge is -2.28. The number of nitrogens with zero attached hydrogens (tertiary/aromatic N) is 1. The molecule has 0 aromatic rings. The summed E-state index contributed by atoms with van der Waals surface area (Å²) in [5.74, 6) is -3.30. The Labute approximate surface area is 216 Å². The molecule has 37 heavy (non-hydrogen) atoms. The molecule has 14 nitrogen and oxygen atoms in total. The molecule has 7 atom stereocenters. The van der Waals surface area contributed by atoms with Crippen LogP contribution in [0.5, 0.6) is 0 Å². The minimum absolute atomic E-state index is 0.295. The molecule has 14 heteroatoms. The van der Waals surface area contributed by atoms with Gasteiger partial charge in [0.25, 0.3) is 0 Å². The summed E-state index contributed by atoms with van der Waals surface area (Å²) in [5, 5.41) is 12.4. The molecule has 0 bridgehead atoms. The average Bonchev–Trinajstić information content (AvgIpc) is 3.32. The van der Waals surface area contributed by atoms with E-state index in [1.54, 1.807) is 0 Å². The first-order valence-electron chi connectivity index (χ1n) is 12.2. The Morgan fingerprint density at radius 3 is 1.70 bits per heavy atom. The van der Waals surface area contributed by atoms with E-state index < -0.39 is 77.7 Å². The number of hydrogen-bond acceptors (Lipinski definition) is 8. The fourth-order valence-electron chi connectivity index (χ4n) is 3.52. The molecule has 1 rings (SSSR count). The lowest BCUT2D eigenvalue weighted by molar-refractivity contribution is -0.142. The van der Waals surface area contributed by atoms with Crippen LogP contribution in [0.25, 0.3) is 0 Å². The summed E-state index contributed by atoms with van der Waals surface area (Å²) in [6.07, 6.45) is 1.51. The van der Waals surface area contributed by atoms with Gasteiger partial charge in [0.15, 0.2) is 0 Å². The Balaban J connectivity index is 2.67. The smallest absolute Gasteiger partial charge is 0.245 e. The summed E-state index contributed by atoms with van der Waals surface area (Å²) in [7, 11) is 0. The van der Waals surface area contributed by atoms with E-state index in [1.807, 2.05) is 0 Å². The zero-order chi connectivity index (χ0) is 28.4. The van der Waals surface area contributed by atoms with E-state index in [2.05, 4.69) is 26.6 Å². The molecule has 1 aliphatic heterocycles. The van der Waals surface area contributed by atoms with E-state index in [1.165, 1.54) is 46.4 Å². The van der Waals surface area contributed by atoms with Gasteiger partial charge in [-0.15, -0.1) is 0 Å². The van der Waals surface area contributed by atoms with Crippen molar-refractivity contribution in [1.29, 1.82) is 0 Å². The van der Waals surface area contributed by atoms with Gasteiger partial charge in [-0.05, 0) is 54.4 Å². The van der Waals surface area contributed by atoms with Crippen LogP contribution in [-0.4, -0.2) is 95.5 Å². The number of carbonyl (C=O) groups is 7.